The minimum absolute atomic E-state index is 0.318. The molecule has 3 aromatic heterocycles. The molecule has 0 radical (unpaired) electrons. The molecule has 3 heterocycles. The summed E-state index contributed by atoms with van der Waals surface area (Å²) in [5.74, 6) is 1.55. The summed E-state index contributed by atoms with van der Waals surface area (Å²) in [6.07, 6.45) is 1.58. The maximum atomic E-state index is 14.0. The largest absolute Gasteiger partial charge is 0.457 e. The van der Waals surface area contributed by atoms with Crippen LogP contribution in [-0.4, -0.2) is 4.98 Å². The lowest BCUT2D eigenvalue weighted by Gasteiger charge is -2.01. The first kappa shape index (κ1) is 22.2. The lowest BCUT2D eigenvalue weighted by atomic mass is 10.1. The van der Waals surface area contributed by atoms with Crippen molar-refractivity contribution in [2.75, 3.05) is 0 Å². The van der Waals surface area contributed by atoms with Crippen LogP contribution in [0.25, 0.3) is 45.8 Å². The first-order valence-corrected chi connectivity index (χ1v) is 11.6. The molecule has 0 N–H and O–H groups in total. The molecule has 34 heavy (non-hydrogen) atoms. The van der Waals surface area contributed by atoms with Crippen molar-refractivity contribution >= 4 is 46.2 Å². The predicted molar refractivity (Wildman–Crippen MR) is 133 cm³/mol. The van der Waals surface area contributed by atoms with Crippen molar-refractivity contribution in [3.8, 4) is 40.2 Å². The number of rotatable bonds is 5. The van der Waals surface area contributed by atoms with Crippen LogP contribution in [-0.2, 0) is 0 Å². The highest BCUT2D eigenvalue weighted by Gasteiger charge is 2.15. The van der Waals surface area contributed by atoms with Crippen LogP contribution >= 0.6 is 34.5 Å². The summed E-state index contributed by atoms with van der Waals surface area (Å²) < 4.78 is 25.7. The minimum Gasteiger partial charge on any atom is -0.457 e. The third-order valence-corrected chi connectivity index (χ3v) is 6.39. The van der Waals surface area contributed by atoms with Crippen LogP contribution in [0, 0.1) is 17.1 Å². The van der Waals surface area contributed by atoms with E-state index >= 15 is 0 Å². The van der Waals surface area contributed by atoms with E-state index in [9.17, 15) is 9.65 Å². The molecule has 0 unspecified atom stereocenters. The van der Waals surface area contributed by atoms with Crippen molar-refractivity contribution in [2.45, 2.75) is 0 Å². The van der Waals surface area contributed by atoms with E-state index in [2.05, 4.69) is 11.1 Å². The fraction of sp³-hybridized carbons (Fsp3) is 0. The van der Waals surface area contributed by atoms with Gasteiger partial charge in [0.05, 0.1) is 16.2 Å². The molecule has 0 aliphatic heterocycles. The van der Waals surface area contributed by atoms with Gasteiger partial charge in [-0.05, 0) is 54.6 Å². The van der Waals surface area contributed by atoms with E-state index in [0.29, 0.717) is 60.5 Å². The van der Waals surface area contributed by atoms with Crippen molar-refractivity contribution in [3.63, 3.8) is 0 Å². The third kappa shape index (κ3) is 4.42. The number of allylic oxidation sites excluding steroid dienone is 1. The molecule has 8 heteroatoms. The highest BCUT2D eigenvalue weighted by molar-refractivity contribution is 7.11. The first-order valence-electron chi connectivity index (χ1n) is 10.00. The molecule has 4 nitrogen and oxygen atoms in total. The zero-order valence-corrected chi connectivity index (χ0v) is 19.6. The first-order chi connectivity index (χ1) is 16.5. The summed E-state index contributed by atoms with van der Waals surface area (Å²) in [4.78, 5) is 4.55. The Morgan fingerprint density at radius 2 is 1.71 bits per heavy atom. The topological polar surface area (TPSA) is 63.0 Å². The predicted octanol–water partition coefficient (Wildman–Crippen LogP) is 8.84. The van der Waals surface area contributed by atoms with Gasteiger partial charge in [-0.15, -0.1) is 11.3 Å². The number of furan rings is 2. The maximum Gasteiger partial charge on any atom is 0.154 e. The average Bonchev–Trinajstić information content (AvgIpc) is 3.58. The summed E-state index contributed by atoms with van der Waals surface area (Å²) in [7, 11) is 0. The highest BCUT2D eigenvalue weighted by Crippen LogP contribution is 2.35. The Labute approximate surface area is 208 Å². The Hall–Kier alpha value is -3.63. The van der Waals surface area contributed by atoms with Crippen molar-refractivity contribution in [2.24, 2.45) is 0 Å². The SMILES string of the molecule is N#CC(=Cc1ccc(-c2ccccc2F)o1)c1nc(-c2ccc(-c3ccc(Cl)cc3Cl)o2)cs1. The quantitative estimate of drug-likeness (QED) is 0.223. The van der Waals surface area contributed by atoms with E-state index in [0.717, 1.165) is 0 Å². The third-order valence-electron chi connectivity index (χ3n) is 4.96. The molecule has 5 aromatic rings. The van der Waals surface area contributed by atoms with Crippen molar-refractivity contribution in [1.82, 2.24) is 4.98 Å². The second-order valence-corrected chi connectivity index (χ2v) is 8.88. The van der Waals surface area contributed by atoms with E-state index in [1.807, 2.05) is 0 Å². The minimum atomic E-state index is -0.379. The van der Waals surface area contributed by atoms with Crippen LogP contribution < -0.4 is 0 Å². The van der Waals surface area contributed by atoms with Crippen LogP contribution in [0.15, 0.2) is 80.9 Å². The lowest BCUT2D eigenvalue weighted by Crippen LogP contribution is -1.82. The van der Waals surface area contributed by atoms with Gasteiger partial charge < -0.3 is 8.83 Å². The maximum absolute atomic E-state index is 14.0. The summed E-state index contributed by atoms with van der Waals surface area (Å²) >= 11 is 13.6. The van der Waals surface area contributed by atoms with Gasteiger partial charge in [-0.25, -0.2) is 9.37 Å². The van der Waals surface area contributed by atoms with E-state index in [-0.39, 0.29) is 5.82 Å². The van der Waals surface area contributed by atoms with E-state index in [4.69, 9.17) is 32.0 Å². The molecule has 0 fully saturated rings. The molecule has 2 aromatic carbocycles. The number of aromatic nitrogens is 1. The second kappa shape index (κ2) is 9.32. The normalized spacial score (nSPS) is 11.5. The fourth-order valence-corrected chi connectivity index (χ4v) is 4.62. The second-order valence-electron chi connectivity index (χ2n) is 7.18. The summed E-state index contributed by atoms with van der Waals surface area (Å²) in [6.45, 7) is 0. The highest BCUT2D eigenvalue weighted by atomic mass is 35.5. The van der Waals surface area contributed by atoms with Crippen LogP contribution in [0.4, 0.5) is 4.39 Å². The van der Waals surface area contributed by atoms with E-state index in [1.165, 1.54) is 17.4 Å². The number of hydrogen-bond donors (Lipinski definition) is 0. The van der Waals surface area contributed by atoms with Crippen LogP contribution in [0.3, 0.4) is 0 Å². The molecule has 0 atom stereocenters. The zero-order chi connectivity index (χ0) is 23.7. The molecule has 0 spiro atoms. The molecule has 0 saturated carbocycles. The van der Waals surface area contributed by atoms with Crippen molar-refractivity contribution < 1.29 is 13.2 Å². The van der Waals surface area contributed by atoms with Gasteiger partial charge in [0, 0.05) is 22.0 Å². The molecule has 0 aliphatic carbocycles. The molecule has 5 rings (SSSR count). The standard InChI is InChI=1S/C26H13Cl2FN2O2S/c27-16-5-7-18(20(28)12-16)23-9-10-25(33-23)22-14-34-26(31-22)15(13-30)11-17-6-8-24(32-17)19-3-1-2-4-21(19)29/h1-12,14H. The van der Waals surface area contributed by atoms with Crippen LogP contribution in [0.2, 0.25) is 10.0 Å². The molecule has 0 bridgehead atoms. The van der Waals surface area contributed by atoms with E-state index in [1.54, 1.807) is 72.1 Å². The molecule has 0 amide bonds. The number of nitriles is 1. The number of halogens is 3. The molecule has 0 saturated heterocycles. The van der Waals surface area contributed by atoms with Gasteiger partial charge in [-0.2, -0.15) is 5.26 Å². The number of thiazole rings is 1. The molecule has 0 aliphatic rings. The number of hydrogen-bond acceptors (Lipinski definition) is 5. The van der Waals surface area contributed by atoms with Gasteiger partial charge in [0.1, 0.15) is 39.9 Å². The molecule has 166 valence electrons. The summed E-state index contributed by atoms with van der Waals surface area (Å²) in [5, 5.41) is 13.0. The molecular formula is C26H13Cl2FN2O2S. The average molecular weight is 507 g/mol. The Bertz CT molecular complexity index is 1580. The Morgan fingerprint density at radius 3 is 2.50 bits per heavy atom. The summed E-state index contributed by atoms with van der Waals surface area (Å²) in [5.41, 5.74) is 1.97. The van der Waals surface area contributed by atoms with Gasteiger partial charge in [-0.1, -0.05) is 35.3 Å². The van der Waals surface area contributed by atoms with Gasteiger partial charge in [0.2, 0.25) is 0 Å². The smallest absolute Gasteiger partial charge is 0.154 e. The fourth-order valence-electron chi connectivity index (χ4n) is 3.34. The van der Waals surface area contributed by atoms with E-state index < -0.39 is 0 Å². The lowest BCUT2D eigenvalue weighted by molar-refractivity contribution is 0.561. The van der Waals surface area contributed by atoms with Gasteiger partial charge in [0.25, 0.3) is 0 Å². The van der Waals surface area contributed by atoms with Gasteiger partial charge in [0.15, 0.2) is 5.76 Å². The zero-order valence-electron chi connectivity index (χ0n) is 17.3. The number of nitrogens with zero attached hydrogens (tertiary/aromatic N) is 2. The van der Waals surface area contributed by atoms with Crippen LogP contribution in [0.5, 0.6) is 0 Å². The van der Waals surface area contributed by atoms with Crippen LogP contribution in [0.1, 0.15) is 10.8 Å². The van der Waals surface area contributed by atoms with Crippen molar-refractivity contribution in [1.29, 1.82) is 5.26 Å². The Morgan fingerprint density at radius 1 is 0.941 bits per heavy atom. The molecular weight excluding hydrogens is 494 g/mol. The van der Waals surface area contributed by atoms with Gasteiger partial charge in [-0.3, -0.25) is 0 Å². The Kier molecular flexibility index (Phi) is 6.08. The monoisotopic (exact) mass is 506 g/mol. The summed E-state index contributed by atoms with van der Waals surface area (Å²) in [6, 6.07) is 20.6. The number of benzene rings is 2. The Balaban J connectivity index is 1.41. The van der Waals surface area contributed by atoms with Crippen molar-refractivity contribution in [3.05, 3.63) is 98.7 Å². The van der Waals surface area contributed by atoms with Gasteiger partial charge >= 0.3 is 0 Å².